The number of hydrogen-bond donors (Lipinski definition) is 1. The molecule has 0 bridgehead atoms. The average Bonchev–Trinajstić information content (AvgIpc) is 3.29. The average molecular weight is 394 g/mol. The van der Waals surface area contributed by atoms with Crippen molar-refractivity contribution >= 4 is 17.5 Å². The van der Waals surface area contributed by atoms with Crippen molar-refractivity contribution in [3.05, 3.63) is 54.3 Å². The third kappa shape index (κ3) is 4.66. The predicted octanol–water partition coefficient (Wildman–Crippen LogP) is 4.86. The molecule has 1 atom stereocenters. The molecular formula is C24H27FN2O2. The second-order valence-electron chi connectivity index (χ2n) is 8.18. The largest absolute Gasteiger partial charge is 0.342 e. The van der Waals surface area contributed by atoms with Crippen LogP contribution in [0.5, 0.6) is 0 Å². The number of nitrogens with zero attached hydrogens (tertiary/aromatic N) is 1. The molecule has 1 aliphatic carbocycles. The predicted molar refractivity (Wildman–Crippen MR) is 112 cm³/mol. The highest BCUT2D eigenvalue weighted by Gasteiger charge is 2.32. The standard InChI is InChI=1S/C24H27FN2O2/c25-21-12-10-17(11-13-21)19-7-3-9-22(15-19)26-23(28)20-8-4-14-27(16-20)24(29)18-5-1-2-6-18/h3,7,9-13,15,18,20H,1-2,4-6,8,14,16H2,(H,26,28)/t20-/m1/s1. The van der Waals surface area contributed by atoms with Crippen LogP contribution in [-0.4, -0.2) is 29.8 Å². The number of benzene rings is 2. The van der Waals surface area contributed by atoms with Crippen LogP contribution >= 0.6 is 0 Å². The van der Waals surface area contributed by atoms with Gasteiger partial charge >= 0.3 is 0 Å². The number of likely N-dealkylation sites (tertiary alicyclic amines) is 1. The zero-order valence-corrected chi connectivity index (χ0v) is 16.6. The summed E-state index contributed by atoms with van der Waals surface area (Å²) in [5, 5.41) is 3.01. The van der Waals surface area contributed by atoms with Gasteiger partial charge < -0.3 is 10.2 Å². The molecule has 2 aliphatic rings. The van der Waals surface area contributed by atoms with Crippen molar-refractivity contribution < 1.29 is 14.0 Å². The fourth-order valence-corrected chi connectivity index (χ4v) is 4.49. The summed E-state index contributed by atoms with van der Waals surface area (Å²) >= 11 is 0. The van der Waals surface area contributed by atoms with Gasteiger partial charge in [0.2, 0.25) is 11.8 Å². The molecule has 4 rings (SSSR count). The van der Waals surface area contributed by atoms with Crippen molar-refractivity contribution in [1.82, 2.24) is 4.90 Å². The summed E-state index contributed by atoms with van der Waals surface area (Å²) in [5.74, 6) is -0.0940. The Morgan fingerprint density at radius 1 is 0.897 bits per heavy atom. The molecule has 2 fully saturated rings. The van der Waals surface area contributed by atoms with Gasteiger partial charge in [-0.05, 0) is 61.1 Å². The van der Waals surface area contributed by atoms with Crippen LogP contribution in [0.15, 0.2) is 48.5 Å². The molecule has 1 saturated carbocycles. The molecule has 29 heavy (non-hydrogen) atoms. The molecule has 2 aromatic carbocycles. The van der Waals surface area contributed by atoms with Crippen LogP contribution in [0.25, 0.3) is 11.1 Å². The Morgan fingerprint density at radius 2 is 1.62 bits per heavy atom. The van der Waals surface area contributed by atoms with Gasteiger partial charge in [-0.2, -0.15) is 0 Å². The van der Waals surface area contributed by atoms with Crippen LogP contribution in [0.4, 0.5) is 10.1 Å². The first-order chi connectivity index (χ1) is 14.1. The first-order valence-corrected chi connectivity index (χ1v) is 10.6. The Hall–Kier alpha value is -2.69. The molecule has 1 saturated heterocycles. The lowest BCUT2D eigenvalue weighted by Gasteiger charge is -2.33. The number of carbonyl (C=O) groups is 2. The van der Waals surface area contributed by atoms with E-state index in [9.17, 15) is 14.0 Å². The highest BCUT2D eigenvalue weighted by molar-refractivity contribution is 5.94. The van der Waals surface area contributed by atoms with Gasteiger partial charge in [0.1, 0.15) is 5.82 Å². The van der Waals surface area contributed by atoms with E-state index < -0.39 is 0 Å². The monoisotopic (exact) mass is 394 g/mol. The van der Waals surface area contributed by atoms with E-state index in [0.29, 0.717) is 6.54 Å². The summed E-state index contributed by atoms with van der Waals surface area (Å²) in [5.41, 5.74) is 2.54. The van der Waals surface area contributed by atoms with Crippen LogP contribution in [-0.2, 0) is 9.59 Å². The molecule has 1 aliphatic heterocycles. The van der Waals surface area contributed by atoms with Crippen molar-refractivity contribution in [1.29, 1.82) is 0 Å². The summed E-state index contributed by atoms with van der Waals surface area (Å²) in [6.07, 6.45) is 5.92. The number of nitrogens with one attached hydrogen (secondary N) is 1. The van der Waals surface area contributed by atoms with Crippen molar-refractivity contribution in [2.45, 2.75) is 38.5 Å². The number of piperidine rings is 1. The first-order valence-electron chi connectivity index (χ1n) is 10.6. The van der Waals surface area contributed by atoms with Crippen molar-refractivity contribution in [2.24, 2.45) is 11.8 Å². The van der Waals surface area contributed by atoms with Crippen LogP contribution in [0.2, 0.25) is 0 Å². The van der Waals surface area contributed by atoms with Gasteiger partial charge in [0, 0.05) is 24.7 Å². The maximum atomic E-state index is 13.2. The molecule has 152 valence electrons. The summed E-state index contributed by atoms with van der Waals surface area (Å²) in [6.45, 7) is 1.28. The summed E-state index contributed by atoms with van der Waals surface area (Å²) in [6, 6.07) is 13.9. The molecule has 2 aromatic rings. The molecule has 1 heterocycles. The number of carbonyl (C=O) groups excluding carboxylic acids is 2. The number of halogens is 1. The van der Waals surface area contributed by atoms with Gasteiger partial charge in [0.05, 0.1) is 5.92 Å². The summed E-state index contributed by atoms with van der Waals surface area (Å²) < 4.78 is 13.2. The quantitative estimate of drug-likeness (QED) is 0.805. The SMILES string of the molecule is O=C(Nc1cccc(-c2ccc(F)cc2)c1)[C@@H]1CCCN(C(=O)C2CCCC2)C1. The fourth-order valence-electron chi connectivity index (χ4n) is 4.49. The highest BCUT2D eigenvalue weighted by atomic mass is 19.1. The van der Waals surface area contributed by atoms with E-state index in [2.05, 4.69) is 5.32 Å². The smallest absolute Gasteiger partial charge is 0.229 e. The number of amides is 2. The zero-order chi connectivity index (χ0) is 20.2. The van der Waals surface area contributed by atoms with E-state index >= 15 is 0 Å². The van der Waals surface area contributed by atoms with Gasteiger partial charge in [-0.3, -0.25) is 9.59 Å². The minimum atomic E-state index is -0.271. The van der Waals surface area contributed by atoms with Crippen LogP contribution < -0.4 is 5.32 Å². The number of rotatable bonds is 4. The second kappa shape index (κ2) is 8.76. The lowest BCUT2D eigenvalue weighted by atomic mass is 9.95. The van der Waals surface area contributed by atoms with Crippen molar-refractivity contribution in [3.8, 4) is 11.1 Å². The summed E-state index contributed by atoms with van der Waals surface area (Å²) in [4.78, 5) is 27.5. The third-order valence-corrected chi connectivity index (χ3v) is 6.12. The maximum absolute atomic E-state index is 13.2. The number of hydrogen-bond acceptors (Lipinski definition) is 2. The molecule has 0 aromatic heterocycles. The second-order valence-corrected chi connectivity index (χ2v) is 8.18. The maximum Gasteiger partial charge on any atom is 0.229 e. The van der Waals surface area contributed by atoms with E-state index in [-0.39, 0.29) is 29.5 Å². The van der Waals surface area contributed by atoms with E-state index in [4.69, 9.17) is 0 Å². The van der Waals surface area contributed by atoms with E-state index in [1.165, 1.54) is 12.1 Å². The van der Waals surface area contributed by atoms with Gasteiger partial charge in [-0.15, -0.1) is 0 Å². The molecule has 5 heteroatoms. The van der Waals surface area contributed by atoms with Gasteiger partial charge in [-0.25, -0.2) is 4.39 Å². The van der Waals surface area contributed by atoms with Gasteiger partial charge in [0.25, 0.3) is 0 Å². The normalized spacial score (nSPS) is 19.9. The Balaban J connectivity index is 1.40. The van der Waals surface area contributed by atoms with Crippen molar-refractivity contribution in [3.63, 3.8) is 0 Å². The van der Waals surface area contributed by atoms with Gasteiger partial charge in [0.15, 0.2) is 0 Å². The first kappa shape index (κ1) is 19.6. The molecular weight excluding hydrogens is 367 g/mol. The lowest BCUT2D eigenvalue weighted by Crippen LogP contribution is -2.45. The molecule has 1 N–H and O–H groups in total. The fraction of sp³-hybridized carbons (Fsp3) is 0.417. The molecule has 0 radical (unpaired) electrons. The third-order valence-electron chi connectivity index (χ3n) is 6.12. The number of anilines is 1. The minimum absolute atomic E-state index is 0.0369. The highest BCUT2D eigenvalue weighted by Crippen LogP contribution is 2.29. The zero-order valence-electron chi connectivity index (χ0n) is 16.6. The minimum Gasteiger partial charge on any atom is -0.342 e. The van der Waals surface area contributed by atoms with E-state index in [1.54, 1.807) is 12.1 Å². The molecule has 0 unspecified atom stereocenters. The Bertz CT molecular complexity index is 875. The van der Waals surface area contributed by atoms with E-state index in [1.807, 2.05) is 29.2 Å². The van der Waals surface area contributed by atoms with Crippen LogP contribution in [0.1, 0.15) is 38.5 Å². The van der Waals surface area contributed by atoms with E-state index in [0.717, 1.165) is 61.9 Å². The Kier molecular flexibility index (Phi) is 5.93. The van der Waals surface area contributed by atoms with Crippen LogP contribution in [0, 0.1) is 17.7 Å². The molecule has 2 amide bonds. The van der Waals surface area contributed by atoms with Crippen molar-refractivity contribution in [2.75, 3.05) is 18.4 Å². The topological polar surface area (TPSA) is 49.4 Å². The molecule has 0 spiro atoms. The van der Waals surface area contributed by atoms with Crippen LogP contribution in [0.3, 0.4) is 0 Å². The summed E-state index contributed by atoms with van der Waals surface area (Å²) in [7, 11) is 0. The Labute approximate surface area is 171 Å². The Morgan fingerprint density at radius 3 is 2.38 bits per heavy atom. The molecule has 4 nitrogen and oxygen atoms in total. The lowest BCUT2D eigenvalue weighted by molar-refractivity contribution is -0.138. The van der Waals surface area contributed by atoms with Gasteiger partial charge in [-0.1, -0.05) is 37.1 Å².